The van der Waals surface area contributed by atoms with Crippen molar-refractivity contribution in [2.45, 2.75) is 11.4 Å². The molecular weight excluding hydrogens is 354 g/mol. The smallest absolute Gasteiger partial charge is 0.253 e. The van der Waals surface area contributed by atoms with Crippen molar-refractivity contribution in [2.24, 2.45) is 0 Å². The Hall–Kier alpha value is -2.38. The normalized spacial score (nSPS) is 11.2. The minimum absolute atomic E-state index is 0.0907. The number of amides is 1. The summed E-state index contributed by atoms with van der Waals surface area (Å²) in [6.45, 7) is 0.552. The van der Waals surface area contributed by atoms with Gasteiger partial charge in [-0.05, 0) is 42.0 Å². The molecule has 1 amide bonds. The van der Waals surface area contributed by atoms with Gasteiger partial charge in [-0.25, -0.2) is 8.42 Å². The summed E-state index contributed by atoms with van der Waals surface area (Å²) < 4.78 is 34.2. The van der Waals surface area contributed by atoms with Crippen LogP contribution >= 0.6 is 0 Å². The Bertz CT molecular complexity index is 846. The summed E-state index contributed by atoms with van der Waals surface area (Å²) in [7, 11) is 1.34. The minimum Gasteiger partial charge on any atom is -0.497 e. The molecule has 0 unspecified atom stereocenters. The van der Waals surface area contributed by atoms with Gasteiger partial charge in [0, 0.05) is 26.3 Å². The lowest BCUT2D eigenvalue weighted by atomic mass is 10.1. The fraction of sp³-hybridized carbons (Fsp3) is 0.316. The predicted molar refractivity (Wildman–Crippen MR) is 99.2 cm³/mol. The molecule has 0 heterocycles. The number of hydrogen-bond acceptors (Lipinski definition) is 5. The van der Waals surface area contributed by atoms with E-state index in [9.17, 15) is 13.2 Å². The third kappa shape index (κ3) is 5.06. The average Bonchev–Trinajstić information content (AvgIpc) is 2.66. The first kappa shape index (κ1) is 19.9. The van der Waals surface area contributed by atoms with Crippen LogP contribution in [0.5, 0.6) is 5.75 Å². The van der Waals surface area contributed by atoms with Gasteiger partial charge in [-0.3, -0.25) is 4.79 Å². The number of ether oxygens (including phenoxy) is 2. The molecule has 2 aromatic carbocycles. The molecule has 0 spiro atoms. The van der Waals surface area contributed by atoms with Crippen LogP contribution in [-0.2, 0) is 21.1 Å². The number of sulfone groups is 1. The summed E-state index contributed by atoms with van der Waals surface area (Å²) in [5.41, 5.74) is 1.38. The molecule has 0 bridgehead atoms. The van der Waals surface area contributed by atoms with E-state index in [0.717, 1.165) is 11.3 Å². The number of benzene rings is 2. The van der Waals surface area contributed by atoms with Gasteiger partial charge in [0.2, 0.25) is 0 Å². The van der Waals surface area contributed by atoms with Crippen LogP contribution < -0.4 is 4.74 Å². The van der Waals surface area contributed by atoms with E-state index < -0.39 is 9.84 Å². The zero-order valence-electron chi connectivity index (χ0n) is 15.1. The number of nitrogens with zero attached hydrogens (tertiary/aromatic N) is 1. The van der Waals surface area contributed by atoms with Gasteiger partial charge in [0.25, 0.3) is 5.91 Å². The zero-order valence-corrected chi connectivity index (χ0v) is 16.0. The number of rotatable bonds is 8. The van der Waals surface area contributed by atoms with Crippen molar-refractivity contribution < 1.29 is 22.7 Å². The molecule has 2 aromatic rings. The maximum absolute atomic E-state index is 12.6. The first-order valence-electron chi connectivity index (χ1n) is 8.07. The summed E-state index contributed by atoms with van der Waals surface area (Å²) in [5.74, 6) is 0.453. The van der Waals surface area contributed by atoms with Crippen LogP contribution in [0, 0.1) is 0 Å². The van der Waals surface area contributed by atoms with Gasteiger partial charge in [0.05, 0.1) is 24.4 Å². The Morgan fingerprint density at radius 3 is 2.38 bits per heavy atom. The lowest BCUT2D eigenvalue weighted by Gasteiger charge is -2.18. The molecule has 2 rings (SSSR count). The maximum atomic E-state index is 12.6. The fourth-order valence-electron chi connectivity index (χ4n) is 2.45. The van der Waals surface area contributed by atoms with E-state index in [1.807, 2.05) is 24.3 Å². The number of methoxy groups -OCH3 is 2. The van der Waals surface area contributed by atoms with Crippen LogP contribution in [0.4, 0.5) is 0 Å². The van der Waals surface area contributed by atoms with Crippen molar-refractivity contribution in [2.75, 3.05) is 33.6 Å². The lowest BCUT2D eigenvalue weighted by molar-refractivity contribution is 0.0785. The van der Waals surface area contributed by atoms with Gasteiger partial charge in [0.1, 0.15) is 5.75 Å². The summed E-state index contributed by atoms with van der Waals surface area (Å²) in [4.78, 5) is 14.3. The highest BCUT2D eigenvalue weighted by molar-refractivity contribution is 7.91. The molecule has 6 nitrogen and oxygen atoms in total. The van der Waals surface area contributed by atoms with E-state index in [1.165, 1.54) is 31.4 Å². The molecule has 140 valence electrons. The first-order chi connectivity index (χ1) is 12.4. The van der Waals surface area contributed by atoms with Gasteiger partial charge in [-0.2, -0.15) is 0 Å². The van der Waals surface area contributed by atoms with Crippen LogP contribution in [0.2, 0.25) is 0 Å². The van der Waals surface area contributed by atoms with Crippen molar-refractivity contribution in [1.29, 1.82) is 0 Å². The fourth-order valence-corrected chi connectivity index (χ4v) is 3.63. The molecule has 7 heteroatoms. The minimum atomic E-state index is -3.41. The third-order valence-corrected chi connectivity index (χ3v) is 5.61. The Kier molecular flexibility index (Phi) is 6.76. The highest BCUT2D eigenvalue weighted by atomic mass is 32.2. The van der Waals surface area contributed by atoms with Gasteiger partial charge < -0.3 is 14.4 Å². The lowest BCUT2D eigenvalue weighted by Crippen LogP contribution is -2.26. The molecule has 0 N–H and O–H groups in total. The predicted octanol–water partition coefficient (Wildman–Crippen LogP) is 2.39. The summed E-state index contributed by atoms with van der Waals surface area (Å²) in [5, 5.41) is 0. The molecule has 0 saturated heterocycles. The molecule has 0 aromatic heterocycles. The molecule has 26 heavy (non-hydrogen) atoms. The largest absolute Gasteiger partial charge is 0.497 e. The van der Waals surface area contributed by atoms with Crippen molar-refractivity contribution in [3.63, 3.8) is 0 Å². The topological polar surface area (TPSA) is 72.9 Å². The van der Waals surface area contributed by atoms with E-state index in [2.05, 4.69) is 0 Å². The summed E-state index contributed by atoms with van der Waals surface area (Å²) in [6, 6.07) is 13.5. The molecule has 0 fully saturated rings. The van der Waals surface area contributed by atoms with E-state index in [-0.39, 0.29) is 23.2 Å². The molecule has 0 aliphatic carbocycles. The average molecular weight is 377 g/mol. The Morgan fingerprint density at radius 2 is 1.77 bits per heavy atom. The van der Waals surface area contributed by atoms with Gasteiger partial charge in [-0.1, -0.05) is 12.1 Å². The highest BCUT2D eigenvalue weighted by Crippen LogP contribution is 2.17. The number of hydrogen-bond donors (Lipinski definition) is 0. The van der Waals surface area contributed by atoms with Crippen molar-refractivity contribution >= 4 is 15.7 Å². The Balaban J connectivity index is 2.09. The second-order valence-corrected chi connectivity index (χ2v) is 7.96. The second-order valence-electron chi connectivity index (χ2n) is 5.85. The molecule has 0 radical (unpaired) electrons. The Labute approximate surface area is 154 Å². The van der Waals surface area contributed by atoms with E-state index >= 15 is 0 Å². The van der Waals surface area contributed by atoms with Gasteiger partial charge >= 0.3 is 0 Å². The molecular formula is C19H23NO5S. The van der Waals surface area contributed by atoms with Crippen molar-refractivity contribution in [3.8, 4) is 5.75 Å². The molecule has 0 aliphatic heterocycles. The van der Waals surface area contributed by atoms with Crippen LogP contribution in [-0.4, -0.2) is 52.9 Å². The maximum Gasteiger partial charge on any atom is 0.253 e. The van der Waals surface area contributed by atoms with Crippen LogP contribution in [0.25, 0.3) is 0 Å². The van der Waals surface area contributed by atoms with E-state index in [1.54, 1.807) is 19.1 Å². The van der Waals surface area contributed by atoms with Crippen LogP contribution in [0.15, 0.2) is 53.4 Å². The third-order valence-electron chi connectivity index (χ3n) is 3.92. The monoisotopic (exact) mass is 377 g/mol. The summed E-state index contributed by atoms with van der Waals surface area (Å²) in [6.07, 6.45) is 0. The molecule has 0 atom stereocenters. The van der Waals surface area contributed by atoms with E-state index in [0.29, 0.717) is 12.1 Å². The molecule has 0 saturated carbocycles. The Morgan fingerprint density at radius 1 is 1.08 bits per heavy atom. The summed E-state index contributed by atoms with van der Waals surface area (Å²) >= 11 is 0. The van der Waals surface area contributed by atoms with E-state index in [4.69, 9.17) is 9.47 Å². The van der Waals surface area contributed by atoms with Crippen molar-refractivity contribution in [1.82, 2.24) is 4.90 Å². The molecule has 0 aliphatic rings. The quantitative estimate of drug-likeness (QED) is 0.706. The van der Waals surface area contributed by atoms with Crippen molar-refractivity contribution in [3.05, 3.63) is 59.7 Å². The first-order valence-corrected chi connectivity index (χ1v) is 9.73. The van der Waals surface area contributed by atoms with Crippen LogP contribution in [0.3, 0.4) is 0 Å². The second kappa shape index (κ2) is 8.82. The highest BCUT2D eigenvalue weighted by Gasteiger charge is 2.17. The number of carbonyl (C=O) groups excluding carboxylic acids is 1. The standard InChI is InChI=1S/C19H23NO5S/c1-20(14-15-5-4-6-17(13-15)25-3)19(21)16-7-9-18(10-8-16)26(22,23)12-11-24-2/h4-10,13H,11-12,14H2,1-3H3. The van der Waals surface area contributed by atoms with Gasteiger partial charge in [0.15, 0.2) is 9.84 Å². The zero-order chi connectivity index (χ0) is 19.2. The number of carbonyl (C=O) groups is 1. The van der Waals surface area contributed by atoms with Crippen LogP contribution in [0.1, 0.15) is 15.9 Å². The van der Waals surface area contributed by atoms with Gasteiger partial charge in [-0.15, -0.1) is 0 Å². The SMILES string of the molecule is COCCS(=O)(=O)c1ccc(C(=O)N(C)Cc2cccc(OC)c2)cc1.